The fourth-order valence-corrected chi connectivity index (χ4v) is 2.52. The topological polar surface area (TPSA) is 61.7 Å². The van der Waals surface area contributed by atoms with Crippen molar-refractivity contribution < 1.29 is 9.90 Å². The van der Waals surface area contributed by atoms with Crippen molar-refractivity contribution in [2.24, 2.45) is 10.9 Å². The van der Waals surface area contributed by atoms with Gasteiger partial charge in [-0.05, 0) is 44.1 Å². The number of hydrogen-bond donors (Lipinski definition) is 2. The minimum Gasteiger partial charge on any atom is -0.395 e. The number of carbonyl (C=O) groups excluding carboxylic acids is 1. The lowest BCUT2D eigenvalue weighted by atomic mass is 9.87. The number of nitrogens with zero attached hydrogens (tertiary/aromatic N) is 1. The van der Waals surface area contributed by atoms with Crippen LogP contribution in [0.15, 0.2) is 28.9 Å². The Labute approximate surface area is 135 Å². The molecule has 4 atom stereocenters. The third kappa shape index (κ3) is 6.61. The molecule has 0 aromatic heterocycles. The fraction of sp³-hybridized carbons (Fsp3) is 0.647. The van der Waals surface area contributed by atoms with E-state index in [9.17, 15) is 9.90 Å². The van der Waals surface area contributed by atoms with Crippen LogP contribution in [0.2, 0.25) is 0 Å². The van der Waals surface area contributed by atoms with Crippen LogP contribution in [0.5, 0.6) is 0 Å². The van der Waals surface area contributed by atoms with Crippen molar-refractivity contribution in [1.29, 1.82) is 0 Å². The highest BCUT2D eigenvalue weighted by Crippen LogP contribution is 2.25. The molecular formula is C17H27BN2O2. The molecule has 0 amide bonds. The standard InChI is InChI=1S/C17H27BN2O2/c1-12(11-15-7-9-19-14(3)13(15)2)20-17(18)6-4-5-16(22)8-10-21/h7,9-10,13-14,16-17,20,22H,1,4-6,8,11H2,2-3H3. The van der Waals surface area contributed by atoms with Crippen molar-refractivity contribution in [2.75, 3.05) is 0 Å². The Bertz CT molecular complexity index is 434. The van der Waals surface area contributed by atoms with E-state index in [0.717, 1.165) is 31.2 Å². The second-order valence-corrected chi connectivity index (χ2v) is 6.09. The van der Waals surface area contributed by atoms with Gasteiger partial charge in [0.15, 0.2) is 0 Å². The van der Waals surface area contributed by atoms with Crippen LogP contribution < -0.4 is 5.32 Å². The van der Waals surface area contributed by atoms with E-state index in [0.29, 0.717) is 18.4 Å². The number of aliphatic hydroxyl groups excluding tert-OH is 1. The van der Waals surface area contributed by atoms with Crippen LogP contribution in [0.1, 0.15) is 46.0 Å². The summed E-state index contributed by atoms with van der Waals surface area (Å²) in [6, 6.07) is 0.306. The molecule has 1 aliphatic heterocycles. The predicted molar refractivity (Wildman–Crippen MR) is 92.2 cm³/mol. The zero-order valence-electron chi connectivity index (χ0n) is 13.7. The normalized spacial score (nSPS) is 23.5. The number of aliphatic imine (C=N–C) groups is 1. The molecule has 0 saturated heterocycles. The van der Waals surface area contributed by atoms with Crippen LogP contribution in [0.3, 0.4) is 0 Å². The highest BCUT2D eigenvalue weighted by Gasteiger charge is 2.18. The highest BCUT2D eigenvalue weighted by molar-refractivity contribution is 6.11. The molecule has 2 radical (unpaired) electrons. The molecule has 4 unspecified atom stereocenters. The minimum atomic E-state index is -0.554. The molecule has 2 N–H and O–H groups in total. The monoisotopic (exact) mass is 302 g/mol. The number of allylic oxidation sites excluding steroid dienone is 2. The second kappa shape index (κ2) is 9.62. The van der Waals surface area contributed by atoms with Crippen molar-refractivity contribution in [2.45, 2.75) is 64.0 Å². The Balaban J connectivity index is 2.28. The summed E-state index contributed by atoms with van der Waals surface area (Å²) in [6.45, 7) is 8.34. The maximum Gasteiger partial charge on any atom is 0.122 e. The van der Waals surface area contributed by atoms with Gasteiger partial charge < -0.3 is 15.2 Å². The van der Waals surface area contributed by atoms with Crippen LogP contribution in [-0.2, 0) is 4.79 Å². The predicted octanol–water partition coefficient (Wildman–Crippen LogP) is 2.13. The van der Waals surface area contributed by atoms with Crippen molar-refractivity contribution >= 4 is 20.3 Å². The first-order chi connectivity index (χ1) is 10.4. The summed E-state index contributed by atoms with van der Waals surface area (Å²) in [6.07, 6.45) is 7.19. The van der Waals surface area contributed by atoms with Crippen LogP contribution in [0.4, 0.5) is 0 Å². The van der Waals surface area contributed by atoms with E-state index in [1.807, 2.05) is 6.21 Å². The van der Waals surface area contributed by atoms with Gasteiger partial charge in [-0.3, -0.25) is 4.99 Å². The number of hydrogen-bond acceptors (Lipinski definition) is 4. The summed E-state index contributed by atoms with van der Waals surface area (Å²) in [5.41, 5.74) is 2.22. The molecule has 0 aliphatic carbocycles. The van der Waals surface area contributed by atoms with E-state index >= 15 is 0 Å². The lowest BCUT2D eigenvalue weighted by molar-refractivity contribution is -0.109. The Morgan fingerprint density at radius 2 is 2.27 bits per heavy atom. The summed E-state index contributed by atoms with van der Waals surface area (Å²) >= 11 is 0. The molecule has 0 aromatic rings. The van der Waals surface area contributed by atoms with Gasteiger partial charge in [-0.2, -0.15) is 0 Å². The maximum absolute atomic E-state index is 10.3. The number of carbonyl (C=O) groups is 1. The minimum absolute atomic E-state index is 0.179. The molecule has 120 valence electrons. The summed E-state index contributed by atoms with van der Waals surface area (Å²) in [7, 11) is 6.03. The van der Waals surface area contributed by atoms with Crippen molar-refractivity contribution in [1.82, 2.24) is 5.32 Å². The first-order valence-electron chi connectivity index (χ1n) is 7.97. The molecule has 5 heteroatoms. The van der Waals surface area contributed by atoms with Gasteiger partial charge in [0.2, 0.25) is 0 Å². The summed E-state index contributed by atoms with van der Waals surface area (Å²) in [4.78, 5) is 14.7. The Hall–Kier alpha value is -1.36. The van der Waals surface area contributed by atoms with Gasteiger partial charge in [-0.25, -0.2) is 0 Å². The third-order valence-corrected chi connectivity index (χ3v) is 4.15. The van der Waals surface area contributed by atoms with E-state index in [4.69, 9.17) is 7.85 Å². The van der Waals surface area contributed by atoms with Crippen LogP contribution in [0.25, 0.3) is 0 Å². The lowest BCUT2D eigenvalue weighted by Gasteiger charge is -2.25. The molecular weight excluding hydrogens is 275 g/mol. The van der Waals surface area contributed by atoms with Crippen LogP contribution in [0, 0.1) is 5.92 Å². The van der Waals surface area contributed by atoms with Crippen molar-refractivity contribution in [3.63, 3.8) is 0 Å². The summed E-state index contributed by atoms with van der Waals surface area (Å²) in [5.74, 6) is 0.236. The number of aliphatic hydroxyl groups is 1. The van der Waals surface area contributed by atoms with Crippen molar-refractivity contribution in [3.05, 3.63) is 23.9 Å². The van der Waals surface area contributed by atoms with Gasteiger partial charge in [0, 0.05) is 24.8 Å². The largest absolute Gasteiger partial charge is 0.395 e. The Morgan fingerprint density at radius 1 is 1.55 bits per heavy atom. The molecule has 1 aliphatic rings. The number of nitrogens with one attached hydrogen (secondary N) is 1. The van der Waals surface area contributed by atoms with Gasteiger partial charge >= 0.3 is 0 Å². The van der Waals surface area contributed by atoms with Crippen molar-refractivity contribution in [3.8, 4) is 0 Å². The molecule has 1 rings (SSSR count). The number of rotatable bonds is 10. The SMILES string of the molecule is [B]C(CCCC(O)CC=O)NC(=C)CC1=CC=NC(C)C1C. The average molecular weight is 302 g/mol. The fourth-order valence-electron chi connectivity index (χ4n) is 2.52. The summed E-state index contributed by atoms with van der Waals surface area (Å²) in [5, 5.41) is 12.7. The van der Waals surface area contributed by atoms with Gasteiger partial charge in [0.25, 0.3) is 0 Å². The van der Waals surface area contributed by atoms with E-state index in [2.05, 4.69) is 36.8 Å². The molecule has 0 saturated carbocycles. The van der Waals surface area contributed by atoms with E-state index in [1.165, 1.54) is 5.57 Å². The molecule has 4 nitrogen and oxygen atoms in total. The van der Waals surface area contributed by atoms with Crippen LogP contribution in [-0.4, -0.2) is 43.5 Å². The molecule has 0 bridgehead atoms. The average Bonchev–Trinajstić information content (AvgIpc) is 2.44. The zero-order chi connectivity index (χ0) is 16.5. The van der Waals surface area contributed by atoms with E-state index in [1.54, 1.807) is 0 Å². The van der Waals surface area contributed by atoms with Gasteiger partial charge in [0.05, 0.1) is 20.0 Å². The molecule has 1 heterocycles. The Morgan fingerprint density at radius 3 is 2.95 bits per heavy atom. The highest BCUT2D eigenvalue weighted by atomic mass is 16.3. The number of aldehydes is 1. The maximum atomic E-state index is 10.3. The smallest absolute Gasteiger partial charge is 0.122 e. The van der Waals surface area contributed by atoms with E-state index < -0.39 is 6.10 Å². The van der Waals surface area contributed by atoms with Gasteiger partial charge in [0.1, 0.15) is 6.29 Å². The quantitative estimate of drug-likeness (QED) is 0.480. The summed E-state index contributed by atoms with van der Waals surface area (Å²) < 4.78 is 0. The van der Waals surface area contributed by atoms with E-state index in [-0.39, 0.29) is 12.4 Å². The molecule has 0 aromatic carbocycles. The molecule has 0 fully saturated rings. The zero-order valence-corrected chi connectivity index (χ0v) is 13.7. The molecule has 0 spiro atoms. The third-order valence-electron chi connectivity index (χ3n) is 4.15. The lowest BCUT2D eigenvalue weighted by Crippen LogP contribution is -2.29. The Kier molecular flexibility index (Phi) is 8.17. The molecule has 22 heavy (non-hydrogen) atoms. The van der Waals surface area contributed by atoms with Gasteiger partial charge in [-0.15, -0.1) is 0 Å². The van der Waals surface area contributed by atoms with Crippen LogP contribution >= 0.6 is 0 Å². The number of dihydropyridines is 1. The first-order valence-corrected chi connectivity index (χ1v) is 7.97. The second-order valence-electron chi connectivity index (χ2n) is 6.09. The van der Waals surface area contributed by atoms with Gasteiger partial charge in [-0.1, -0.05) is 19.1 Å². The first kappa shape index (κ1) is 18.7.